The van der Waals surface area contributed by atoms with E-state index < -0.39 is 5.97 Å². The van der Waals surface area contributed by atoms with Gasteiger partial charge in [0.15, 0.2) is 0 Å². The van der Waals surface area contributed by atoms with Crippen LogP contribution >= 0.6 is 0 Å². The second-order valence-electron chi connectivity index (χ2n) is 5.46. The third-order valence-electron chi connectivity index (χ3n) is 3.58. The lowest BCUT2D eigenvalue weighted by Gasteiger charge is -2.04. The lowest BCUT2D eigenvalue weighted by Crippen LogP contribution is -2.08. The van der Waals surface area contributed by atoms with E-state index in [9.17, 15) is 9.59 Å². The Morgan fingerprint density at radius 2 is 1.31 bits per heavy atom. The highest BCUT2D eigenvalue weighted by Crippen LogP contribution is 2.17. The molecule has 0 spiro atoms. The standard InChI is InChI=1S/C22H20O4/c1-4-16(3)22(24)26-20-14-10-18(11-15-20)7-6-17-8-12-19(13-9-17)25-21(23)5-2/h4-15H,2H2,1,3H3/b7-6+,16-4-. The van der Waals surface area contributed by atoms with Gasteiger partial charge in [0.2, 0.25) is 0 Å². The number of carbonyl (C=O) groups excluding carboxylic acids is 2. The Kier molecular flexibility index (Phi) is 6.68. The third-order valence-corrected chi connectivity index (χ3v) is 3.58. The van der Waals surface area contributed by atoms with Crippen LogP contribution in [-0.4, -0.2) is 11.9 Å². The molecule has 0 aliphatic carbocycles. The van der Waals surface area contributed by atoms with Gasteiger partial charge in [0.1, 0.15) is 11.5 Å². The summed E-state index contributed by atoms with van der Waals surface area (Å²) >= 11 is 0. The Bertz CT molecular complexity index is 841. The highest BCUT2D eigenvalue weighted by molar-refractivity contribution is 5.89. The molecule has 4 heteroatoms. The lowest BCUT2D eigenvalue weighted by atomic mass is 10.1. The van der Waals surface area contributed by atoms with E-state index in [1.165, 1.54) is 0 Å². The molecular weight excluding hydrogens is 328 g/mol. The van der Waals surface area contributed by atoms with Crippen molar-refractivity contribution in [3.05, 3.63) is 84.0 Å². The summed E-state index contributed by atoms with van der Waals surface area (Å²) in [6, 6.07) is 14.3. The fraction of sp³-hybridized carbons (Fsp3) is 0.0909. The summed E-state index contributed by atoms with van der Waals surface area (Å²) < 4.78 is 10.3. The molecule has 26 heavy (non-hydrogen) atoms. The van der Waals surface area contributed by atoms with E-state index in [0.29, 0.717) is 17.1 Å². The van der Waals surface area contributed by atoms with Gasteiger partial charge in [-0.1, -0.05) is 49.1 Å². The number of benzene rings is 2. The molecule has 0 N–H and O–H groups in total. The molecule has 0 aliphatic rings. The van der Waals surface area contributed by atoms with Crippen LogP contribution < -0.4 is 9.47 Å². The minimum Gasteiger partial charge on any atom is -0.423 e. The molecular formula is C22H20O4. The van der Waals surface area contributed by atoms with Gasteiger partial charge in [-0.15, -0.1) is 0 Å². The molecule has 0 atom stereocenters. The van der Waals surface area contributed by atoms with Crippen LogP contribution in [0.3, 0.4) is 0 Å². The first kappa shape index (κ1) is 18.9. The Balaban J connectivity index is 1.99. The quantitative estimate of drug-likeness (QED) is 0.325. The van der Waals surface area contributed by atoms with Gasteiger partial charge in [0.25, 0.3) is 0 Å². The maximum Gasteiger partial charge on any atom is 0.338 e. The predicted molar refractivity (Wildman–Crippen MR) is 103 cm³/mol. The smallest absolute Gasteiger partial charge is 0.338 e. The Labute approximate surface area is 153 Å². The minimum atomic E-state index is -0.487. The molecule has 0 aromatic heterocycles. The number of esters is 2. The van der Waals surface area contributed by atoms with Crippen LogP contribution in [-0.2, 0) is 9.59 Å². The van der Waals surface area contributed by atoms with E-state index in [1.54, 1.807) is 44.2 Å². The molecule has 0 radical (unpaired) electrons. The highest BCUT2D eigenvalue weighted by atomic mass is 16.5. The minimum absolute atomic E-state index is 0.354. The maximum absolute atomic E-state index is 11.7. The van der Waals surface area contributed by atoms with Crippen molar-refractivity contribution < 1.29 is 19.1 Å². The molecule has 2 rings (SSSR count). The van der Waals surface area contributed by atoms with E-state index >= 15 is 0 Å². The second-order valence-corrected chi connectivity index (χ2v) is 5.46. The van der Waals surface area contributed by atoms with E-state index in [1.807, 2.05) is 36.4 Å². The molecule has 0 bridgehead atoms. The largest absolute Gasteiger partial charge is 0.423 e. The van der Waals surface area contributed by atoms with Crippen LogP contribution in [0.1, 0.15) is 25.0 Å². The molecule has 0 saturated heterocycles. The van der Waals surface area contributed by atoms with Crippen LogP contribution in [0.2, 0.25) is 0 Å². The van der Waals surface area contributed by atoms with Crippen molar-refractivity contribution in [1.82, 2.24) is 0 Å². The summed E-state index contributed by atoms with van der Waals surface area (Å²) in [6.45, 7) is 6.86. The van der Waals surface area contributed by atoms with Crippen LogP contribution in [0.25, 0.3) is 12.2 Å². The predicted octanol–water partition coefficient (Wildman–Crippen LogP) is 4.82. The topological polar surface area (TPSA) is 52.6 Å². The molecule has 0 heterocycles. The molecule has 2 aromatic rings. The molecule has 0 saturated carbocycles. The zero-order valence-corrected chi connectivity index (χ0v) is 14.8. The number of allylic oxidation sites excluding steroid dienone is 1. The first-order valence-corrected chi connectivity index (χ1v) is 8.09. The van der Waals surface area contributed by atoms with Gasteiger partial charge in [-0.3, -0.25) is 0 Å². The Hall–Kier alpha value is -3.40. The fourth-order valence-corrected chi connectivity index (χ4v) is 1.95. The van der Waals surface area contributed by atoms with Crippen molar-refractivity contribution in [2.75, 3.05) is 0 Å². The van der Waals surface area contributed by atoms with Crippen LogP contribution in [0.4, 0.5) is 0 Å². The molecule has 0 aliphatic heterocycles. The van der Waals surface area contributed by atoms with Gasteiger partial charge in [-0.25, -0.2) is 9.59 Å². The molecule has 132 valence electrons. The summed E-state index contributed by atoms with van der Waals surface area (Å²) in [7, 11) is 0. The van der Waals surface area contributed by atoms with Crippen molar-refractivity contribution in [3.8, 4) is 11.5 Å². The van der Waals surface area contributed by atoms with Gasteiger partial charge in [0.05, 0.1) is 0 Å². The SMILES string of the molecule is C=CC(=O)Oc1ccc(/C=C/c2ccc(OC(=O)/C(C)=C\C)cc2)cc1. The average Bonchev–Trinajstić information content (AvgIpc) is 2.67. The van der Waals surface area contributed by atoms with Crippen molar-refractivity contribution in [3.63, 3.8) is 0 Å². The lowest BCUT2D eigenvalue weighted by molar-refractivity contribution is -0.130. The fourth-order valence-electron chi connectivity index (χ4n) is 1.95. The van der Waals surface area contributed by atoms with Gasteiger partial charge in [-0.05, 0) is 49.2 Å². The highest BCUT2D eigenvalue weighted by Gasteiger charge is 2.05. The monoisotopic (exact) mass is 348 g/mol. The summed E-state index contributed by atoms with van der Waals surface area (Å²) in [5.74, 6) is 0.128. The van der Waals surface area contributed by atoms with Gasteiger partial charge in [0, 0.05) is 11.6 Å². The first-order valence-electron chi connectivity index (χ1n) is 8.09. The number of rotatable bonds is 6. The average molecular weight is 348 g/mol. The number of hydrogen-bond donors (Lipinski definition) is 0. The van der Waals surface area contributed by atoms with Gasteiger partial charge in [-0.2, -0.15) is 0 Å². The number of carbonyl (C=O) groups is 2. The summed E-state index contributed by atoms with van der Waals surface area (Å²) in [4.78, 5) is 22.8. The third kappa shape index (κ3) is 5.60. The van der Waals surface area contributed by atoms with Gasteiger partial charge >= 0.3 is 11.9 Å². The van der Waals surface area contributed by atoms with Crippen LogP contribution in [0.5, 0.6) is 11.5 Å². The van der Waals surface area contributed by atoms with E-state index in [2.05, 4.69) is 6.58 Å². The molecule has 0 unspecified atom stereocenters. The van der Waals surface area contributed by atoms with Crippen molar-refractivity contribution >= 4 is 24.1 Å². The van der Waals surface area contributed by atoms with Crippen molar-refractivity contribution in [1.29, 1.82) is 0 Å². The van der Waals surface area contributed by atoms with E-state index in [0.717, 1.165) is 17.2 Å². The van der Waals surface area contributed by atoms with E-state index in [4.69, 9.17) is 9.47 Å². The second kappa shape index (κ2) is 9.18. The summed E-state index contributed by atoms with van der Waals surface area (Å²) in [6.07, 6.45) is 6.70. The molecule has 0 amide bonds. The molecule has 4 nitrogen and oxygen atoms in total. The van der Waals surface area contributed by atoms with Crippen molar-refractivity contribution in [2.45, 2.75) is 13.8 Å². The Morgan fingerprint density at radius 3 is 1.73 bits per heavy atom. The van der Waals surface area contributed by atoms with Crippen molar-refractivity contribution in [2.24, 2.45) is 0 Å². The summed E-state index contributed by atoms with van der Waals surface area (Å²) in [5.41, 5.74) is 2.49. The maximum atomic E-state index is 11.7. The first-order chi connectivity index (χ1) is 12.5. The summed E-state index contributed by atoms with van der Waals surface area (Å²) in [5, 5.41) is 0. The molecule has 2 aromatic carbocycles. The van der Waals surface area contributed by atoms with Crippen LogP contribution in [0.15, 0.2) is 72.8 Å². The Morgan fingerprint density at radius 1 is 0.846 bits per heavy atom. The van der Waals surface area contributed by atoms with E-state index in [-0.39, 0.29) is 5.97 Å². The number of ether oxygens (including phenoxy) is 2. The van der Waals surface area contributed by atoms with Crippen LogP contribution in [0, 0.1) is 0 Å². The normalized spacial score (nSPS) is 11.2. The number of hydrogen-bond acceptors (Lipinski definition) is 4. The molecule has 0 fully saturated rings. The zero-order valence-electron chi connectivity index (χ0n) is 14.8. The zero-order chi connectivity index (χ0) is 18.9. The van der Waals surface area contributed by atoms with Gasteiger partial charge < -0.3 is 9.47 Å².